The standard InChI is InChI=1S/C21H24N2O/c1-3-15-9-14(2)20-17(10-15)18-11-22-12-19(18)23(21(20)24)13-16-7-5-4-6-8-16/h4-10,18-19,22H,3,11-13H2,1-2H3/t18-,19-/m0/s1. The van der Waals surface area contributed by atoms with Crippen LogP contribution in [0.1, 0.15) is 45.5 Å². The van der Waals surface area contributed by atoms with Gasteiger partial charge in [0.05, 0.1) is 6.04 Å². The number of aryl methyl sites for hydroxylation is 2. The van der Waals surface area contributed by atoms with Gasteiger partial charge in [0.1, 0.15) is 0 Å². The summed E-state index contributed by atoms with van der Waals surface area (Å²) in [4.78, 5) is 15.4. The second-order valence-corrected chi connectivity index (χ2v) is 6.98. The van der Waals surface area contributed by atoms with Gasteiger partial charge in [-0.3, -0.25) is 4.79 Å². The maximum atomic E-state index is 13.3. The summed E-state index contributed by atoms with van der Waals surface area (Å²) < 4.78 is 0. The summed E-state index contributed by atoms with van der Waals surface area (Å²) in [6.45, 7) is 6.80. The van der Waals surface area contributed by atoms with Crippen molar-refractivity contribution in [2.75, 3.05) is 13.1 Å². The molecule has 3 heteroatoms. The fourth-order valence-electron chi connectivity index (χ4n) is 4.25. The zero-order valence-electron chi connectivity index (χ0n) is 14.4. The fraction of sp³-hybridized carbons (Fsp3) is 0.381. The third-order valence-corrected chi connectivity index (χ3v) is 5.49. The molecule has 3 nitrogen and oxygen atoms in total. The number of nitrogens with zero attached hydrogens (tertiary/aromatic N) is 1. The summed E-state index contributed by atoms with van der Waals surface area (Å²) >= 11 is 0. The first-order valence-electron chi connectivity index (χ1n) is 8.88. The topological polar surface area (TPSA) is 32.3 Å². The highest BCUT2D eigenvalue weighted by Gasteiger charge is 2.42. The Morgan fingerprint density at radius 2 is 1.92 bits per heavy atom. The van der Waals surface area contributed by atoms with Crippen LogP contribution in [0.3, 0.4) is 0 Å². The summed E-state index contributed by atoms with van der Waals surface area (Å²) in [5.74, 6) is 0.602. The minimum Gasteiger partial charge on any atom is -0.329 e. The summed E-state index contributed by atoms with van der Waals surface area (Å²) in [5.41, 5.74) is 5.85. The van der Waals surface area contributed by atoms with Crippen molar-refractivity contribution in [3.8, 4) is 0 Å². The van der Waals surface area contributed by atoms with Crippen LogP contribution in [0.5, 0.6) is 0 Å². The Kier molecular flexibility index (Phi) is 3.89. The van der Waals surface area contributed by atoms with E-state index in [0.29, 0.717) is 12.5 Å². The Hall–Kier alpha value is -2.13. The maximum absolute atomic E-state index is 13.3. The largest absolute Gasteiger partial charge is 0.329 e. The molecule has 1 saturated heterocycles. The molecule has 0 aromatic heterocycles. The number of amides is 1. The molecule has 1 amide bonds. The van der Waals surface area contributed by atoms with Gasteiger partial charge >= 0.3 is 0 Å². The third kappa shape index (κ3) is 2.44. The van der Waals surface area contributed by atoms with Crippen molar-refractivity contribution in [2.24, 2.45) is 0 Å². The second-order valence-electron chi connectivity index (χ2n) is 6.98. The second kappa shape index (κ2) is 6.06. The van der Waals surface area contributed by atoms with Crippen LogP contribution in [0, 0.1) is 6.92 Å². The van der Waals surface area contributed by atoms with Gasteiger partial charge in [0.15, 0.2) is 0 Å². The average Bonchev–Trinajstić information content (AvgIpc) is 3.08. The third-order valence-electron chi connectivity index (χ3n) is 5.49. The van der Waals surface area contributed by atoms with Crippen molar-refractivity contribution in [3.05, 3.63) is 70.3 Å². The summed E-state index contributed by atoms with van der Waals surface area (Å²) in [6, 6.07) is 15.0. The minimum absolute atomic E-state index is 0.193. The number of nitrogens with one attached hydrogen (secondary N) is 1. The van der Waals surface area contributed by atoms with Crippen molar-refractivity contribution in [1.82, 2.24) is 10.2 Å². The summed E-state index contributed by atoms with van der Waals surface area (Å²) in [6.07, 6.45) is 1.01. The van der Waals surface area contributed by atoms with Gasteiger partial charge in [-0.15, -0.1) is 0 Å². The van der Waals surface area contributed by atoms with Crippen molar-refractivity contribution in [3.63, 3.8) is 0 Å². The molecule has 2 heterocycles. The van der Waals surface area contributed by atoms with E-state index in [-0.39, 0.29) is 11.9 Å². The van der Waals surface area contributed by atoms with Gasteiger partial charge in [-0.1, -0.05) is 49.4 Å². The lowest BCUT2D eigenvalue weighted by Crippen LogP contribution is -2.48. The van der Waals surface area contributed by atoms with Crippen molar-refractivity contribution in [2.45, 2.75) is 38.8 Å². The van der Waals surface area contributed by atoms with E-state index in [1.54, 1.807) is 0 Å². The highest BCUT2D eigenvalue weighted by atomic mass is 16.2. The van der Waals surface area contributed by atoms with E-state index in [4.69, 9.17) is 0 Å². The quantitative estimate of drug-likeness (QED) is 0.941. The Labute approximate surface area is 143 Å². The molecule has 2 aliphatic rings. The van der Waals surface area contributed by atoms with Crippen LogP contribution in [0.2, 0.25) is 0 Å². The van der Waals surface area contributed by atoms with Crippen LogP contribution in [0.4, 0.5) is 0 Å². The average molecular weight is 320 g/mol. The van der Waals surface area contributed by atoms with Crippen molar-refractivity contribution < 1.29 is 4.79 Å². The molecule has 0 spiro atoms. The number of rotatable bonds is 3. The molecule has 2 atom stereocenters. The molecule has 124 valence electrons. The molecule has 0 saturated carbocycles. The van der Waals surface area contributed by atoms with Gasteiger partial charge in [0.25, 0.3) is 5.91 Å². The fourth-order valence-corrected chi connectivity index (χ4v) is 4.25. The lowest BCUT2D eigenvalue weighted by molar-refractivity contribution is 0.0629. The Morgan fingerprint density at radius 1 is 1.12 bits per heavy atom. The molecule has 2 aliphatic heterocycles. The zero-order chi connectivity index (χ0) is 16.7. The molecule has 0 radical (unpaired) electrons. The molecule has 0 aliphatic carbocycles. The van der Waals surface area contributed by atoms with Gasteiger partial charge < -0.3 is 10.2 Å². The van der Waals surface area contributed by atoms with Gasteiger partial charge in [0.2, 0.25) is 0 Å². The van der Waals surface area contributed by atoms with Gasteiger partial charge in [-0.2, -0.15) is 0 Å². The molecule has 2 aromatic rings. The number of hydrogen-bond acceptors (Lipinski definition) is 2. The van der Waals surface area contributed by atoms with E-state index >= 15 is 0 Å². The molecule has 0 bridgehead atoms. The molecule has 4 rings (SSSR count). The van der Waals surface area contributed by atoms with Crippen molar-refractivity contribution in [1.29, 1.82) is 0 Å². The molecular formula is C21H24N2O. The predicted octanol–water partition coefficient (Wildman–Crippen LogP) is 3.27. The van der Waals surface area contributed by atoms with E-state index in [1.165, 1.54) is 16.7 Å². The Bertz CT molecular complexity index is 769. The molecule has 0 unspecified atom stereocenters. The molecule has 24 heavy (non-hydrogen) atoms. The Morgan fingerprint density at radius 3 is 2.67 bits per heavy atom. The molecule has 2 aromatic carbocycles. The van der Waals surface area contributed by atoms with E-state index < -0.39 is 0 Å². The first-order chi connectivity index (χ1) is 11.7. The van der Waals surface area contributed by atoms with Crippen LogP contribution in [0.15, 0.2) is 42.5 Å². The minimum atomic E-state index is 0.193. The molecular weight excluding hydrogens is 296 g/mol. The number of carbonyl (C=O) groups excluding carboxylic acids is 1. The van der Waals surface area contributed by atoms with Crippen LogP contribution in [0.25, 0.3) is 0 Å². The number of benzene rings is 2. The van der Waals surface area contributed by atoms with E-state index in [2.05, 4.69) is 48.3 Å². The predicted molar refractivity (Wildman–Crippen MR) is 96.3 cm³/mol. The van der Waals surface area contributed by atoms with Gasteiger partial charge in [-0.05, 0) is 35.6 Å². The van der Waals surface area contributed by atoms with Crippen LogP contribution >= 0.6 is 0 Å². The normalized spacial score (nSPS) is 22.4. The number of fused-ring (bicyclic) bond motifs is 3. The van der Waals surface area contributed by atoms with Crippen LogP contribution in [-0.4, -0.2) is 29.9 Å². The first-order valence-corrected chi connectivity index (χ1v) is 8.88. The number of hydrogen-bond donors (Lipinski definition) is 1. The monoisotopic (exact) mass is 320 g/mol. The highest BCUT2D eigenvalue weighted by molar-refractivity contribution is 5.99. The molecule has 1 N–H and O–H groups in total. The summed E-state index contributed by atoms with van der Waals surface area (Å²) in [5, 5.41) is 3.50. The van der Waals surface area contributed by atoms with Crippen molar-refractivity contribution >= 4 is 5.91 Å². The SMILES string of the molecule is CCc1cc(C)c2c(c1)[C@@H]1CNC[C@@H]1N(Cc1ccccc1)C2=O. The molecule has 1 fully saturated rings. The summed E-state index contributed by atoms with van der Waals surface area (Å²) in [7, 11) is 0. The van der Waals surface area contributed by atoms with E-state index in [0.717, 1.165) is 30.6 Å². The van der Waals surface area contributed by atoms with E-state index in [9.17, 15) is 4.79 Å². The van der Waals surface area contributed by atoms with Crippen LogP contribution in [-0.2, 0) is 13.0 Å². The zero-order valence-corrected chi connectivity index (χ0v) is 14.4. The smallest absolute Gasteiger partial charge is 0.255 e. The maximum Gasteiger partial charge on any atom is 0.255 e. The van der Waals surface area contributed by atoms with Gasteiger partial charge in [-0.25, -0.2) is 0 Å². The lowest BCUT2D eigenvalue weighted by atomic mass is 9.81. The van der Waals surface area contributed by atoms with Gasteiger partial charge in [0, 0.05) is 31.1 Å². The Balaban J connectivity index is 1.78. The first kappa shape index (κ1) is 15.4. The highest BCUT2D eigenvalue weighted by Crippen LogP contribution is 2.38. The number of carbonyl (C=O) groups is 1. The lowest BCUT2D eigenvalue weighted by Gasteiger charge is -2.39. The van der Waals surface area contributed by atoms with E-state index in [1.807, 2.05) is 18.2 Å². The van der Waals surface area contributed by atoms with Crippen LogP contribution < -0.4 is 5.32 Å².